The number of hydrogen-bond donors (Lipinski definition) is 1. The second-order valence-electron chi connectivity index (χ2n) is 5.40. The lowest BCUT2D eigenvalue weighted by atomic mass is 10.1. The number of aryl methyl sites for hydroxylation is 1. The summed E-state index contributed by atoms with van der Waals surface area (Å²) >= 11 is 0. The summed E-state index contributed by atoms with van der Waals surface area (Å²) in [5.74, 6) is 1.84. The van der Waals surface area contributed by atoms with Crippen LogP contribution in [0.15, 0.2) is 24.3 Å². The molecule has 1 aliphatic carbocycles. The van der Waals surface area contributed by atoms with E-state index in [9.17, 15) is 0 Å². The van der Waals surface area contributed by atoms with Crippen molar-refractivity contribution in [3.63, 3.8) is 0 Å². The van der Waals surface area contributed by atoms with Gasteiger partial charge in [0.25, 0.3) is 0 Å². The maximum atomic E-state index is 5.74. The van der Waals surface area contributed by atoms with Crippen LogP contribution >= 0.6 is 0 Å². The molecule has 0 spiro atoms. The predicted octanol–water partition coefficient (Wildman–Crippen LogP) is 3.41. The zero-order chi connectivity index (χ0) is 12.8. The minimum Gasteiger partial charge on any atom is -0.493 e. The quantitative estimate of drug-likeness (QED) is 0.760. The standard InChI is InChI=1S/C16H25NO/c1-3-17-13(2)4-5-14-8-10-16(11-9-14)18-12-15-6-7-15/h8-11,13,15,17H,3-7,12H2,1-2H3. The smallest absolute Gasteiger partial charge is 0.119 e. The minimum absolute atomic E-state index is 0.598. The van der Waals surface area contributed by atoms with Gasteiger partial charge in [0.2, 0.25) is 0 Å². The number of benzene rings is 1. The summed E-state index contributed by atoms with van der Waals surface area (Å²) in [6, 6.07) is 9.20. The molecule has 1 atom stereocenters. The van der Waals surface area contributed by atoms with E-state index in [1.165, 1.54) is 24.8 Å². The molecule has 0 aliphatic heterocycles. The summed E-state index contributed by atoms with van der Waals surface area (Å²) in [6.45, 7) is 6.35. The summed E-state index contributed by atoms with van der Waals surface area (Å²) in [7, 11) is 0. The maximum Gasteiger partial charge on any atom is 0.119 e. The van der Waals surface area contributed by atoms with E-state index in [0.717, 1.165) is 31.2 Å². The Labute approximate surface area is 111 Å². The molecule has 2 heteroatoms. The lowest BCUT2D eigenvalue weighted by Gasteiger charge is -2.12. The molecule has 18 heavy (non-hydrogen) atoms. The Kier molecular flexibility index (Phi) is 5.06. The van der Waals surface area contributed by atoms with Crippen molar-refractivity contribution in [2.75, 3.05) is 13.2 Å². The molecule has 1 N–H and O–H groups in total. The number of ether oxygens (including phenoxy) is 1. The first-order chi connectivity index (χ1) is 8.78. The molecule has 0 saturated heterocycles. The van der Waals surface area contributed by atoms with Crippen LogP contribution < -0.4 is 10.1 Å². The summed E-state index contributed by atoms with van der Waals surface area (Å²) in [5.41, 5.74) is 1.40. The Morgan fingerprint density at radius 3 is 2.61 bits per heavy atom. The third-order valence-electron chi connectivity index (χ3n) is 3.52. The first-order valence-corrected chi connectivity index (χ1v) is 7.23. The van der Waals surface area contributed by atoms with Crippen molar-refractivity contribution in [1.82, 2.24) is 5.32 Å². The Balaban J connectivity index is 1.72. The van der Waals surface area contributed by atoms with Crippen LogP contribution in [0, 0.1) is 5.92 Å². The lowest BCUT2D eigenvalue weighted by molar-refractivity contribution is 0.299. The molecular weight excluding hydrogens is 222 g/mol. The zero-order valence-corrected chi connectivity index (χ0v) is 11.6. The number of hydrogen-bond acceptors (Lipinski definition) is 2. The van der Waals surface area contributed by atoms with E-state index >= 15 is 0 Å². The molecule has 1 unspecified atom stereocenters. The fourth-order valence-corrected chi connectivity index (χ4v) is 2.08. The van der Waals surface area contributed by atoms with Crippen LogP contribution in [0.4, 0.5) is 0 Å². The summed E-state index contributed by atoms with van der Waals surface area (Å²) in [5, 5.41) is 3.44. The van der Waals surface area contributed by atoms with Crippen LogP contribution in [0.5, 0.6) is 5.75 Å². The third-order valence-corrected chi connectivity index (χ3v) is 3.52. The zero-order valence-electron chi connectivity index (χ0n) is 11.6. The van der Waals surface area contributed by atoms with E-state index in [1.54, 1.807) is 0 Å². The van der Waals surface area contributed by atoms with Crippen LogP contribution in [-0.2, 0) is 6.42 Å². The topological polar surface area (TPSA) is 21.3 Å². The molecule has 1 aromatic carbocycles. The van der Waals surface area contributed by atoms with Gasteiger partial charge < -0.3 is 10.1 Å². The van der Waals surface area contributed by atoms with Gasteiger partial charge in [0.15, 0.2) is 0 Å². The molecule has 100 valence electrons. The highest BCUT2D eigenvalue weighted by Gasteiger charge is 2.21. The van der Waals surface area contributed by atoms with Gasteiger partial charge in [-0.3, -0.25) is 0 Å². The first kappa shape index (κ1) is 13.4. The van der Waals surface area contributed by atoms with Gasteiger partial charge in [-0.1, -0.05) is 19.1 Å². The van der Waals surface area contributed by atoms with E-state index in [4.69, 9.17) is 4.74 Å². The molecule has 2 nitrogen and oxygen atoms in total. The van der Waals surface area contributed by atoms with Crippen LogP contribution in [0.3, 0.4) is 0 Å². The van der Waals surface area contributed by atoms with Crippen LogP contribution in [-0.4, -0.2) is 19.2 Å². The molecule has 1 aromatic rings. The maximum absolute atomic E-state index is 5.74. The molecule has 0 amide bonds. The fraction of sp³-hybridized carbons (Fsp3) is 0.625. The third kappa shape index (κ3) is 4.69. The van der Waals surface area contributed by atoms with Crippen molar-refractivity contribution < 1.29 is 4.74 Å². The van der Waals surface area contributed by atoms with Crippen molar-refractivity contribution in [2.45, 2.75) is 45.6 Å². The van der Waals surface area contributed by atoms with Gasteiger partial charge in [0.1, 0.15) is 5.75 Å². The molecular formula is C16H25NO. The van der Waals surface area contributed by atoms with E-state index < -0.39 is 0 Å². The average Bonchev–Trinajstić information content (AvgIpc) is 3.19. The van der Waals surface area contributed by atoms with Crippen LogP contribution in [0.1, 0.15) is 38.7 Å². The summed E-state index contributed by atoms with van der Waals surface area (Å²) in [6.07, 6.45) is 5.02. The normalized spacial score (nSPS) is 16.6. The molecule has 2 rings (SSSR count). The van der Waals surface area contributed by atoms with Crippen molar-refractivity contribution in [3.8, 4) is 5.75 Å². The summed E-state index contributed by atoms with van der Waals surface area (Å²) in [4.78, 5) is 0. The van der Waals surface area contributed by atoms with Gasteiger partial charge in [-0.05, 0) is 62.8 Å². The van der Waals surface area contributed by atoms with E-state index in [2.05, 4.69) is 43.4 Å². The van der Waals surface area contributed by atoms with Crippen LogP contribution in [0.25, 0.3) is 0 Å². The SMILES string of the molecule is CCNC(C)CCc1ccc(OCC2CC2)cc1. The van der Waals surface area contributed by atoms with E-state index in [1.807, 2.05) is 0 Å². The molecule has 0 heterocycles. The molecule has 0 aromatic heterocycles. The average molecular weight is 247 g/mol. The molecule has 1 saturated carbocycles. The first-order valence-electron chi connectivity index (χ1n) is 7.23. The predicted molar refractivity (Wildman–Crippen MR) is 76.1 cm³/mol. The summed E-state index contributed by atoms with van der Waals surface area (Å²) < 4.78 is 5.74. The van der Waals surface area contributed by atoms with Gasteiger partial charge in [-0.15, -0.1) is 0 Å². The van der Waals surface area contributed by atoms with Crippen molar-refractivity contribution in [3.05, 3.63) is 29.8 Å². The highest BCUT2D eigenvalue weighted by Crippen LogP contribution is 2.29. The van der Waals surface area contributed by atoms with Crippen LogP contribution in [0.2, 0.25) is 0 Å². The largest absolute Gasteiger partial charge is 0.493 e. The second kappa shape index (κ2) is 6.79. The number of nitrogens with one attached hydrogen (secondary N) is 1. The van der Waals surface area contributed by atoms with Gasteiger partial charge in [0.05, 0.1) is 6.61 Å². The minimum atomic E-state index is 0.598. The Morgan fingerprint density at radius 2 is 2.00 bits per heavy atom. The lowest BCUT2D eigenvalue weighted by Crippen LogP contribution is -2.25. The van der Waals surface area contributed by atoms with Crippen molar-refractivity contribution in [1.29, 1.82) is 0 Å². The highest BCUT2D eigenvalue weighted by molar-refractivity contribution is 5.27. The molecule has 1 fully saturated rings. The second-order valence-corrected chi connectivity index (χ2v) is 5.40. The Morgan fingerprint density at radius 1 is 1.28 bits per heavy atom. The van der Waals surface area contributed by atoms with Gasteiger partial charge in [0, 0.05) is 6.04 Å². The molecule has 0 bridgehead atoms. The van der Waals surface area contributed by atoms with Gasteiger partial charge in [-0.25, -0.2) is 0 Å². The van der Waals surface area contributed by atoms with Crippen molar-refractivity contribution >= 4 is 0 Å². The fourth-order valence-electron chi connectivity index (χ4n) is 2.08. The monoisotopic (exact) mass is 247 g/mol. The van der Waals surface area contributed by atoms with Gasteiger partial charge >= 0.3 is 0 Å². The number of rotatable bonds is 8. The molecule has 1 aliphatic rings. The molecule has 0 radical (unpaired) electrons. The Bertz CT molecular complexity index is 343. The Hall–Kier alpha value is -1.02. The van der Waals surface area contributed by atoms with E-state index in [-0.39, 0.29) is 0 Å². The van der Waals surface area contributed by atoms with E-state index in [0.29, 0.717) is 6.04 Å². The highest BCUT2D eigenvalue weighted by atomic mass is 16.5. The van der Waals surface area contributed by atoms with Gasteiger partial charge in [-0.2, -0.15) is 0 Å². The van der Waals surface area contributed by atoms with Crippen molar-refractivity contribution in [2.24, 2.45) is 5.92 Å².